The monoisotopic (exact) mass is 404 g/mol. The van der Waals surface area contributed by atoms with E-state index in [0.29, 0.717) is 31.2 Å². The Balaban J connectivity index is 1.13. The quantitative estimate of drug-likeness (QED) is 0.655. The van der Waals surface area contributed by atoms with Gasteiger partial charge in [0, 0.05) is 12.2 Å². The van der Waals surface area contributed by atoms with Crippen molar-refractivity contribution in [3.8, 4) is 0 Å². The standard InChI is InChI=1S/C23H33FN2O3/c24-21-8-4-3-7-20(21)16-28-12-9-19-13-23(29-15-19)17-26(18-23)22(27)14-25-10-5-1-2-6-11-25/h3-4,7-8,19H,1-2,5-6,9-18H2. The first-order valence-electron chi connectivity index (χ1n) is 11.1. The number of carbonyl (C=O) groups excluding carboxylic acids is 1. The lowest BCUT2D eigenvalue weighted by Gasteiger charge is -2.47. The lowest BCUT2D eigenvalue weighted by Crippen LogP contribution is -2.64. The van der Waals surface area contributed by atoms with Crippen molar-refractivity contribution in [3.63, 3.8) is 0 Å². The molecule has 1 aromatic rings. The molecule has 0 bridgehead atoms. The zero-order valence-electron chi connectivity index (χ0n) is 17.3. The zero-order valence-corrected chi connectivity index (χ0v) is 17.3. The van der Waals surface area contributed by atoms with Crippen molar-refractivity contribution in [1.82, 2.24) is 9.80 Å². The van der Waals surface area contributed by atoms with E-state index in [1.54, 1.807) is 12.1 Å². The Bertz CT molecular complexity index is 684. The van der Waals surface area contributed by atoms with Crippen molar-refractivity contribution in [3.05, 3.63) is 35.6 Å². The summed E-state index contributed by atoms with van der Waals surface area (Å²) in [6.07, 6.45) is 6.90. The molecule has 3 aliphatic rings. The number of halogens is 1. The summed E-state index contributed by atoms with van der Waals surface area (Å²) in [5.41, 5.74) is 0.467. The maximum atomic E-state index is 13.6. The van der Waals surface area contributed by atoms with E-state index < -0.39 is 0 Å². The van der Waals surface area contributed by atoms with Gasteiger partial charge >= 0.3 is 0 Å². The van der Waals surface area contributed by atoms with Crippen LogP contribution in [0.5, 0.6) is 0 Å². The molecule has 0 aliphatic carbocycles. The molecule has 3 aliphatic heterocycles. The summed E-state index contributed by atoms with van der Waals surface area (Å²) in [4.78, 5) is 16.8. The number of ether oxygens (including phenoxy) is 2. The highest BCUT2D eigenvalue weighted by Gasteiger charge is 2.50. The molecule has 3 saturated heterocycles. The number of carbonyl (C=O) groups is 1. The normalized spacial score (nSPS) is 24.4. The molecule has 0 aromatic heterocycles. The van der Waals surface area contributed by atoms with Crippen LogP contribution in [0.3, 0.4) is 0 Å². The lowest BCUT2D eigenvalue weighted by atomic mass is 9.86. The minimum atomic E-state index is -0.213. The first-order chi connectivity index (χ1) is 14.1. The molecule has 0 radical (unpaired) electrons. The summed E-state index contributed by atoms with van der Waals surface area (Å²) in [6.45, 7) is 5.77. The smallest absolute Gasteiger partial charge is 0.236 e. The molecule has 1 atom stereocenters. The zero-order chi connectivity index (χ0) is 20.1. The van der Waals surface area contributed by atoms with E-state index in [1.807, 2.05) is 11.0 Å². The van der Waals surface area contributed by atoms with Crippen LogP contribution < -0.4 is 0 Å². The maximum Gasteiger partial charge on any atom is 0.236 e. The van der Waals surface area contributed by atoms with E-state index in [0.717, 1.165) is 45.6 Å². The van der Waals surface area contributed by atoms with Crippen molar-refractivity contribution < 1.29 is 18.7 Å². The van der Waals surface area contributed by atoms with Crippen LogP contribution in [0.2, 0.25) is 0 Å². The number of hydrogen-bond donors (Lipinski definition) is 0. The molecule has 5 nitrogen and oxygen atoms in total. The van der Waals surface area contributed by atoms with Gasteiger partial charge in [-0.3, -0.25) is 9.69 Å². The van der Waals surface area contributed by atoms with Gasteiger partial charge in [0.1, 0.15) is 11.4 Å². The second-order valence-electron chi connectivity index (χ2n) is 8.94. The Morgan fingerprint density at radius 1 is 1.17 bits per heavy atom. The molecule has 1 unspecified atom stereocenters. The van der Waals surface area contributed by atoms with Crippen LogP contribution in [0, 0.1) is 11.7 Å². The highest BCUT2D eigenvalue weighted by molar-refractivity contribution is 5.79. The van der Waals surface area contributed by atoms with E-state index in [-0.39, 0.29) is 17.3 Å². The summed E-state index contributed by atoms with van der Waals surface area (Å²) < 4.78 is 25.4. The number of benzene rings is 1. The molecule has 1 spiro atoms. The third-order valence-electron chi connectivity index (χ3n) is 6.54. The van der Waals surface area contributed by atoms with Crippen LogP contribution in [-0.2, 0) is 20.9 Å². The predicted octanol–water partition coefficient (Wildman–Crippen LogP) is 3.23. The van der Waals surface area contributed by atoms with E-state index in [9.17, 15) is 9.18 Å². The van der Waals surface area contributed by atoms with Gasteiger partial charge < -0.3 is 14.4 Å². The Kier molecular flexibility index (Phi) is 6.83. The largest absolute Gasteiger partial charge is 0.377 e. The Labute approximate surface area is 173 Å². The summed E-state index contributed by atoms with van der Waals surface area (Å²) in [6, 6.07) is 6.74. The third-order valence-corrected chi connectivity index (χ3v) is 6.54. The highest BCUT2D eigenvalue weighted by Crippen LogP contribution is 2.39. The van der Waals surface area contributed by atoms with Crippen LogP contribution in [0.4, 0.5) is 4.39 Å². The fourth-order valence-corrected chi connectivity index (χ4v) is 4.80. The summed E-state index contributed by atoms with van der Waals surface area (Å²) in [5, 5.41) is 0. The van der Waals surface area contributed by atoms with E-state index in [4.69, 9.17) is 9.47 Å². The van der Waals surface area contributed by atoms with Gasteiger partial charge in [-0.25, -0.2) is 4.39 Å². The second kappa shape index (κ2) is 9.54. The van der Waals surface area contributed by atoms with Crippen LogP contribution in [-0.4, -0.2) is 67.2 Å². The second-order valence-corrected chi connectivity index (χ2v) is 8.94. The molecule has 3 fully saturated rings. The SMILES string of the molecule is O=C(CN1CCCCCC1)N1CC2(CC(CCOCc3ccccc3F)CO2)C1. The maximum absolute atomic E-state index is 13.6. The number of rotatable bonds is 7. The van der Waals surface area contributed by atoms with Crippen molar-refractivity contribution >= 4 is 5.91 Å². The van der Waals surface area contributed by atoms with Gasteiger partial charge in [0.25, 0.3) is 0 Å². The van der Waals surface area contributed by atoms with E-state index >= 15 is 0 Å². The van der Waals surface area contributed by atoms with Crippen LogP contribution >= 0.6 is 0 Å². The molecular formula is C23H33FN2O3. The Morgan fingerprint density at radius 2 is 1.93 bits per heavy atom. The fourth-order valence-electron chi connectivity index (χ4n) is 4.80. The molecule has 160 valence electrons. The molecule has 0 N–H and O–H groups in total. The molecular weight excluding hydrogens is 371 g/mol. The van der Waals surface area contributed by atoms with E-state index in [1.165, 1.54) is 31.7 Å². The Hall–Kier alpha value is -1.50. The molecule has 1 amide bonds. The fraction of sp³-hybridized carbons (Fsp3) is 0.696. The molecule has 4 rings (SSSR count). The van der Waals surface area contributed by atoms with Crippen molar-refractivity contribution in [2.45, 2.75) is 50.7 Å². The van der Waals surface area contributed by atoms with Gasteiger partial charge in [0.2, 0.25) is 5.91 Å². The summed E-state index contributed by atoms with van der Waals surface area (Å²) in [7, 11) is 0. The van der Waals surface area contributed by atoms with Crippen molar-refractivity contribution in [2.24, 2.45) is 5.92 Å². The van der Waals surface area contributed by atoms with Gasteiger partial charge in [0.05, 0.1) is 32.8 Å². The number of likely N-dealkylation sites (tertiary alicyclic amines) is 2. The molecule has 1 aromatic carbocycles. The summed E-state index contributed by atoms with van der Waals surface area (Å²) >= 11 is 0. The molecule has 29 heavy (non-hydrogen) atoms. The Morgan fingerprint density at radius 3 is 2.69 bits per heavy atom. The van der Waals surface area contributed by atoms with Crippen LogP contribution in [0.25, 0.3) is 0 Å². The first kappa shape index (κ1) is 20.8. The number of amides is 1. The van der Waals surface area contributed by atoms with Crippen LogP contribution in [0.1, 0.15) is 44.1 Å². The topological polar surface area (TPSA) is 42.0 Å². The van der Waals surface area contributed by atoms with E-state index in [2.05, 4.69) is 4.90 Å². The minimum absolute atomic E-state index is 0.134. The molecule has 6 heteroatoms. The predicted molar refractivity (Wildman–Crippen MR) is 109 cm³/mol. The average molecular weight is 405 g/mol. The molecule has 0 saturated carbocycles. The summed E-state index contributed by atoms with van der Waals surface area (Å²) in [5.74, 6) is 0.492. The van der Waals surface area contributed by atoms with Crippen molar-refractivity contribution in [1.29, 1.82) is 0 Å². The van der Waals surface area contributed by atoms with Crippen molar-refractivity contribution in [2.75, 3.05) is 45.9 Å². The number of hydrogen-bond acceptors (Lipinski definition) is 4. The van der Waals surface area contributed by atoms with Gasteiger partial charge in [0.15, 0.2) is 0 Å². The van der Waals surface area contributed by atoms with Gasteiger partial charge in [-0.15, -0.1) is 0 Å². The first-order valence-corrected chi connectivity index (χ1v) is 11.1. The minimum Gasteiger partial charge on any atom is -0.377 e. The highest BCUT2D eigenvalue weighted by atomic mass is 19.1. The van der Waals surface area contributed by atoms with Crippen LogP contribution in [0.15, 0.2) is 24.3 Å². The van der Waals surface area contributed by atoms with Gasteiger partial charge in [-0.05, 0) is 50.8 Å². The lowest BCUT2D eigenvalue weighted by molar-refractivity contribution is -0.158. The third kappa shape index (κ3) is 5.36. The molecule has 3 heterocycles. The number of nitrogens with zero attached hydrogens (tertiary/aromatic N) is 2. The van der Waals surface area contributed by atoms with Gasteiger partial charge in [-0.1, -0.05) is 31.0 Å². The average Bonchev–Trinajstić information content (AvgIpc) is 2.96. The van der Waals surface area contributed by atoms with Gasteiger partial charge in [-0.2, -0.15) is 0 Å².